The van der Waals surface area contributed by atoms with Gasteiger partial charge in [0.1, 0.15) is 0 Å². The highest BCUT2D eigenvalue weighted by Crippen LogP contribution is 2.16. The maximum atomic E-state index is 10.4. The molecule has 12 heavy (non-hydrogen) atoms. The van der Waals surface area contributed by atoms with Gasteiger partial charge in [-0.25, -0.2) is 4.98 Å². The lowest BCUT2D eigenvalue weighted by atomic mass is 10.2. The van der Waals surface area contributed by atoms with Crippen LogP contribution in [0.15, 0.2) is 23.4 Å². The molecule has 0 aliphatic carbocycles. The van der Waals surface area contributed by atoms with E-state index in [4.69, 9.17) is 5.11 Å². The number of hydrogen-bond donors (Lipinski definition) is 1. The number of carboxylic acid groups (broad SMARTS) is 1. The van der Waals surface area contributed by atoms with E-state index in [1.165, 1.54) is 11.8 Å². The molecule has 0 spiro atoms. The Morgan fingerprint density at radius 3 is 3.08 bits per heavy atom. The first kappa shape index (κ1) is 9.06. The third-order valence-corrected chi connectivity index (χ3v) is 2.14. The Kier molecular flexibility index (Phi) is 3.10. The van der Waals surface area contributed by atoms with Crippen molar-refractivity contribution in [3.05, 3.63) is 23.9 Å². The summed E-state index contributed by atoms with van der Waals surface area (Å²) in [5.41, 5.74) is 0.775. The normalized spacial score (nSPS) is 9.75. The molecule has 64 valence electrons. The van der Waals surface area contributed by atoms with Gasteiger partial charge in [-0.3, -0.25) is 4.79 Å². The van der Waals surface area contributed by atoms with Gasteiger partial charge in [-0.15, -0.1) is 11.8 Å². The van der Waals surface area contributed by atoms with E-state index in [0.717, 1.165) is 10.6 Å². The lowest BCUT2D eigenvalue weighted by molar-refractivity contribution is -0.136. The van der Waals surface area contributed by atoms with Gasteiger partial charge in [-0.1, -0.05) is 6.07 Å². The number of aliphatic carboxylic acids is 1. The fourth-order valence-corrected chi connectivity index (χ4v) is 1.47. The molecular weight excluding hydrogens is 174 g/mol. The monoisotopic (exact) mass is 183 g/mol. The molecule has 0 amide bonds. The highest BCUT2D eigenvalue weighted by Gasteiger charge is 2.05. The molecule has 0 fully saturated rings. The number of thioether (sulfide) groups is 1. The van der Waals surface area contributed by atoms with E-state index < -0.39 is 5.97 Å². The van der Waals surface area contributed by atoms with Crippen molar-refractivity contribution in [3.63, 3.8) is 0 Å². The van der Waals surface area contributed by atoms with Gasteiger partial charge in [-0.05, 0) is 17.9 Å². The number of carboxylic acids is 1. The van der Waals surface area contributed by atoms with Crippen LogP contribution in [-0.2, 0) is 11.2 Å². The maximum absolute atomic E-state index is 10.4. The number of rotatable bonds is 3. The predicted octanol–water partition coefficient (Wildman–Crippen LogP) is 1.43. The second kappa shape index (κ2) is 4.11. The number of carbonyl (C=O) groups is 1. The summed E-state index contributed by atoms with van der Waals surface area (Å²) in [4.78, 5) is 14.4. The zero-order valence-corrected chi connectivity index (χ0v) is 7.47. The average Bonchev–Trinajstić information content (AvgIpc) is 2.04. The molecule has 0 radical (unpaired) electrons. The zero-order chi connectivity index (χ0) is 8.97. The quantitative estimate of drug-likeness (QED) is 0.720. The maximum Gasteiger partial charge on any atom is 0.307 e. The van der Waals surface area contributed by atoms with Crippen LogP contribution in [-0.4, -0.2) is 22.3 Å². The molecular formula is C8H9NO2S. The van der Waals surface area contributed by atoms with E-state index in [0.29, 0.717) is 0 Å². The lowest BCUT2D eigenvalue weighted by Gasteiger charge is -2.01. The Bertz CT molecular complexity index is 288. The molecule has 0 aromatic carbocycles. The smallest absolute Gasteiger partial charge is 0.307 e. The van der Waals surface area contributed by atoms with Crippen LogP contribution < -0.4 is 0 Å². The Morgan fingerprint density at radius 1 is 1.75 bits per heavy atom. The topological polar surface area (TPSA) is 50.2 Å². The van der Waals surface area contributed by atoms with E-state index in [-0.39, 0.29) is 6.42 Å². The Labute approximate surface area is 74.8 Å². The molecule has 0 saturated heterocycles. The molecule has 0 unspecified atom stereocenters. The predicted molar refractivity (Wildman–Crippen MR) is 47.4 cm³/mol. The van der Waals surface area contributed by atoms with Crippen molar-refractivity contribution in [2.24, 2.45) is 0 Å². The molecule has 0 atom stereocenters. The first-order valence-corrected chi connectivity index (χ1v) is 4.66. The van der Waals surface area contributed by atoms with Gasteiger partial charge in [0.05, 0.1) is 11.4 Å². The van der Waals surface area contributed by atoms with Crippen molar-refractivity contribution in [3.8, 4) is 0 Å². The van der Waals surface area contributed by atoms with Crippen molar-refractivity contribution >= 4 is 17.7 Å². The first-order chi connectivity index (χ1) is 5.74. The molecule has 0 aliphatic heterocycles. The summed E-state index contributed by atoms with van der Waals surface area (Å²) in [6, 6.07) is 3.53. The second-order valence-corrected chi connectivity index (χ2v) is 3.04. The van der Waals surface area contributed by atoms with Crippen molar-refractivity contribution in [2.75, 3.05) is 6.26 Å². The number of pyridine rings is 1. The van der Waals surface area contributed by atoms with Crippen LogP contribution in [0, 0.1) is 0 Å². The highest BCUT2D eigenvalue weighted by atomic mass is 32.2. The van der Waals surface area contributed by atoms with Crippen LogP contribution in [0.3, 0.4) is 0 Å². The molecule has 1 heterocycles. The third-order valence-electron chi connectivity index (χ3n) is 1.38. The van der Waals surface area contributed by atoms with E-state index in [1.54, 1.807) is 18.3 Å². The summed E-state index contributed by atoms with van der Waals surface area (Å²) in [5.74, 6) is -0.821. The molecule has 0 aliphatic rings. The minimum atomic E-state index is -0.821. The fraction of sp³-hybridized carbons (Fsp3) is 0.250. The van der Waals surface area contributed by atoms with Crippen molar-refractivity contribution in [1.29, 1.82) is 0 Å². The number of nitrogens with zero attached hydrogens (tertiary/aromatic N) is 1. The van der Waals surface area contributed by atoms with Crippen LogP contribution in [0.2, 0.25) is 0 Å². The molecule has 1 aromatic heterocycles. The molecule has 1 rings (SSSR count). The van der Waals surface area contributed by atoms with Crippen LogP contribution >= 0.6 is 11.8 Å². The van der Waals surface area contributed by atoms with Crippen molar-refractivity contribution in [1.82, 2.24) is 4.98 Å². The summed E-state index contributed by atoms with van der Waals surface area (Å²) in [6.07, 6.45) is 3.59. The largest absolute Gasteiger partial charge is 0.481 e. The highest BCUT2D eigenvalue weighted by molar-refractivity contribution is 7.98. The van der Waals surface area contributed by atoms with Crippen LogP contribution in [0.25, 0.3) is 0 Å². The zero-order valence-electron chi connectivity index (χ0n) is 6.65. The van der Waals surface area contributed by atoms with Crippen molar-refractivity contribution in [2.45, 2.75) is 11.4 Å². The van der Waals surface area contributed by atoms with Crippen LogP contribution in [0.4, 0.5) is 0 Å². The minimum absolute atomic E-state index is 0.0456. The van der Waals surface area contributed by atoms with Crippen LogP contribution in [0.1, 0.15) is 5.56 Å². The summed E-state index contributed by atoms with van der Waals surface area (Å²) in [5, 5.41) is 9.34. The van der Waals surface area contributed by atoms with Gasteiger partial charge in [0.2, 0.25) is 0 Å². The van der Waals surface area contributed by atoms with Gasteiger partial charge in [0.25, 0.3) is 0 Å². The first-order valence-electron chi connectivity index (χ1n) is 3.43. The molecule has 0 bridgehead atoms. The summed E-state index contributed by atoms with van der Waals surface area (Å²) < 4.78 is 0. The molecule has 4 heteroatoms. The van der Waals surface area contributed by atoms with Gasteiger partial charge in [0.15, 0.2) is 0 Å². The molecule has 1 N–H and O–H groups in total. The summed E-state index contributed by atoms with van der Waals surface area (Å²) in [6.45, 7) is 0. The van der Waals surface area contributed by atoms with E-state index in [2.05, 4.69) is 4.98 Å². The SMILES string of the molecule is CSc1ncccc1CC(=O)O. The van der Waals surface area contributed by atoms with E-state index in [1.807, 2.05) is 6.26 Å². The Balaban J connectivity index is 2.89. The van der Waals surface area contributed by atoms with Gasteiger partial charge in [-0.2, -0.15) is 0 Å². The standard InChI is InChI=1S/C8H9NO2S/c1-12-8-6(5-7(10)11)3-2-4-9-8/h2-4H,5H2,1H3,(H,10,11). The van der Waals surface area contributed by atoms with E-state index in [9.17, 15) is 4.79 Å². The molecule has 3 nitrogen and oxygen atoms in total. The number of aromatic nitrogens is 1. The summed E-state index contributed by atoms with van der Waals surface area (Å²) >= 11 is 1.46. The fourth-order valence-electron chi connectivity index (χ4n) is 0.905. The number of hydrogen-bond acceptors (Lipinski definition) is 3. The second-order valence-electron chi connectivity index (χ2n) is 2.24. The molecule has 1 aromatic rings. The van der Waals surface area contributed by atoms with Gasteiger partial charge in [0, 0.05) is 6.20 Å². The Hall–Kier alpha value is -1.03. The van der Waals surface area contributed by atoms with E-state index >= 15 is 0 Å². The Morgan fingerprint density at radius 2 is 2.50 bits per heavy atom. The van der Waals surface area contributed by atoms with Gasteiger partial charge < -0.3 is 5.11 Å². The summed E-state index contributed by atoms with van der Waals surface area (Å²) in [7, 11) is 0. The van der Waals surface area contributed by atoms with Crippen molar-refractivity contribution < 1.29 is 9.90 Å². The lowest BCUT2D eigenvalue weighted by Crippen LogP contribution is -2.01. The van der Waals surface area contributed by atoms with Gasteiger partial charge >= 0.3 is 5.97 Å². The molecule has 0 saturated carbocycles. The average molecular weight is 183 g/mol. The minimum Gasteiger partial charge on any atom is -0.481 e. The van der Waals surface area contributed by atoms with Crippen LogP contribution in [0.5, 0.6) is 0 Å². The third kappa shape index (κ3) is 2.23.